The van der Waals surface area contributed by atoms with E-state index in [-0.39, 0.29) is 6.03 Å². The van der Waals surface area contributed by atoms with Gasteiger partial charge in [0.15, 0.2) is 0 Å². The van der Waals surface area contributed by atoms with E-state index >= 15 is 0 Å². The quantitative estimate of drug-likeness (QED) is 0.593. The molecule has 138 valence electrons. The Balaban J connectivity index is 1.46. The highest BCUT2D eigenvalue weighted by Gasteiger charge is 2.05. The number of anilines is 1. The SMILES string of the molecule is CN(Cc1ccccc1)Sc1ccc(NC(=O)NCc2ccncc2)cc1. The number of nitrogens with zero attached hydrogens (tertiary/aromatic N) is 2. The lowest BCUT2D eigenvalue weighted by atomic mass is 10.2. The van der Waals surface area contributed by atoms with Gasteiger partial charge in [0.25, 0.3) is 0 Å². The van der Waals surface area contributed by atoms with Crippen LogP contribution >= 0.6 is 11.9 Å². The third kappa shape index (κ3) is 6.44. The van der Waals surface area contributed by atoms with E-state index in [4.69, 9.17) is 0 Å². The Hall–Kier alpha value is -2.83. The monoisotopic (exact) mass is 378 g/mol. The fourth-order valence-corrected chi connectivity index (χ4v) is 3.34. The minimum Gasteiger partial charge on any atom is -0.334 e. The smallest absolute Gasteiger partial charge is 0.319 e. The van der Waals surface area contributed by atoms with E-state index in [0.29, 0.717) is 6.54 Å². The van der Waals surface area contributed by atoms with Crippen molar-refractivity contribution in [2.24, 2.45) is 0 Å². The largest absolute Gasteiger partial charge is 0.334 e. The Morgan fingerprint density at radius 3 is 2.37 bits per heavy atom. The minimum absolute atomic E-state index is 0.228. The van der Waals surface area contributed by atoms with Crippen LogP contribution in [0.3, 0.4) is 0 Å². The van der Waals surface area contributed by atoms with Crippen LogP contribution in [0.5, 0.6) is 0 Å². The topological polar surface area (TPSA) is 57.3 Å². The number of benzene rings is 2. The van der Waals surface area contributed by atoms with E-state index in [9.17, 15) is 4.79 Å². The van der Waals surface area contributed by atoms with Crippen LogP contribution in [0.15, 0.2) is 84.0 Å². The molecule has 0 saturated heterocycles. The molecule has 0 aliphatic heterocycles. The van der Waals surface area contributed by atoms with Gasteiger partial charge >= 0.3 is 6.03 Å². The van der Waals surface area contributed by atoms with E-state index in [1.807, 2.05) is 54.6 Å². The molecule has 0 radical (unpaired) electrons. The first-order valence-electron chi connectivity index (χ1n) is 8.66. The molecule has 2 aromatic carbocycles. The lowest BCUT2D eigenvalue weighted by molar-refractivity contribution is 0.251. The molecule has 0 aliphatic rings. The maximum Gasteiger partial charge on any atom is 0.319 e. The molecule has 3 rings (SSSR count). The van der Waals surface area contributed by atoms with Gasteiger partial charge in [-0.05, 0) is 66.5 Å². The molecule has 3 aromatic rings. The van der Waals surface area contributed by atoms with Crippen LogP contribution in [0, 0.1) is 0 Å². The Kier molecular flexibility index (Phi) is 6.84. The first kappa shape index (κ1) is 18.9. The van der Waals surface area contributed by atoms with E-state index in [1.54, 1.807) is 24.3 Å². The molecule has 0 bridgehead atoms. The van der Waals surface area contributed by atoms with Gasteiger partial charge in [0.2, 0.25) is 0 Å². The normalized spacial score (nSPS) is 10.6. The highest BCUT2D eigenvalue weighted by molar-refractivity contribution is 7.97. The van der Waals surface area contributed by atoms with Crippen LogP contribution in [0.2, 0.25) is 0 Å². The predicted octanol–water partition coefficient (Wildman–Crippen LogP) is 4.54. The number of hydrogen-bond acceptors (Lipinski definition) is 4. The van der Waals surface area contributed by atoms with Gasteiger partial charge in [0, 0.05) is 36.1 Å². The van der Waals surface area contributed by atoms with Crippen LogP contribution in [-0.2, 0) is 13.1 Å². The molecule has 2 N–H and O–H groups in total. The third-order valence-corrected chi connectivity index (χ3v) is 4.75. The number of pyridine rings is 1. The molecule has 0 saturated carbocycles. The Labute approximate surface area is 164 Å². The van der Waals surface area contributed by atoms with E-state index < -0.39 is 0 Å². The van der Waals surface area contributed by atoms with Crippen molar-refractivity contribution in [1.82, 2.24) is 14.6 Å². The summed E-state index contributed by atoms with van der Waals surface area (Å²) in [5.74, 6) is 0. The van der Waals surface area contributed by atoms with Gasteiger partial charge in [-0.2, -0.15) is 0 Å². The van der Waals surface area contributed by atoms with Crippen LogP contribution < -0.4 is 10.6 Å². The number of amides is 2. The second-order valence-electron chi connectivity index (χ2n) is 6.05. The second-order valence-corrected chi connectivity index (χ2v) is 7.33. The molecule has 5 nitrogen and oxygen atoms in total. The van der Waals surface area contributed by atoms with Gasteiger partial charge < -0.3 is 10.6 Å². The molecule has 0 aliphatic carbocycles. The summed E-state index contributed by atoms with van der Waals surface area (Å²) in [4.78, 5) is 17.1. The van der Waals surface area contributed by atoms with Crippen LogP contribution in [0.25, 0.3) is 0 Å². The zero-order chi connectivity index (χ0) is 18.9. The van der Waals surface area contributed by atoms with Crippen molar-refractivity contribution in [3.8, 4) is 0 Å². The fourth-order valence-electron chi connectivity index (χ4n) is 2.51. The fraction of sp³-hybridized carbons (Fsp3) is 0.143. The van der Waals surface area contributed by atoms with Crippen molar-refractivity contribution in [2.75, 3.05) is 12.4 Å². The van der Waals surface area contributed by atoms with E-state index in [2.05, 4.69) is 39.1 Å². The highest BCUT2D eigenvalue weighted by Crippen LogP contribution is 2.24. The Morgan fingerprint density at radius 1 is 0.963 bits per heavy atom. The summed E-state index contributed by atoms with van der Waals surface area (Å²) in [6.45, 7) is 1.33. The summed E-state index contributed by atoms with van der Waals surface area (Å²) < 4.78 is 2.18. The standard InChI is InChI=1S/C21H22N4OS/c1-25(16-18-5-3-2-4-6-18)27-20-9-7-19(8-10-20)24-21(26)23-15-17-11-13-22-14-12-17/h2-14H,15-16H2,1H3,(H2,23,24,26). The molecule has 27 heavy (non-hydrogen) atoms. The number of urea groups is 1. The minimum atomic E-state index is -0.228. The van der Waals surface area contributed by atoms with Gasteiger partial charge in [-0.25, -0.2) is 9.10 Å². The first-order chi connectivity index (χ1) is 13.2. The molecule has 1 aromatic heterocycles. The summed E-state index contributed by atoms with van der Waals surface area (Å²) >= 11 is 1.67. The number of aromatic nitrogens is 1. The van der Waals surface area contributed by atoms with Crippen LogP contribution in [0.1, 0.15) is 11.1 Å². The van der Waals surface area contributed by atoms with Crippen molar-refractivity contribution >= 4 is 23.7 Å². The van der Waals surface area contributed by atoms with Crippen LogP contribution in [-0.4, -0.2) is 22.4 Å². The predicted molar refractivity (Wildman–Crippen MR) is 110 cm³/mol. The van der Waals surface area contributed by atoms with Gasteiger partial charge in [0.05, 0.1) is 0 Å². The average molecular weight is 379 g/mol. The van der Waals surface area contributed by atoms with Crippen molar-refractivity contribution in [3.05, 3.63) is 90.3 Å². The summed E-state index contributed by atoms with van der Waals surface area (Å²) in [7, 11) is 2.07. The summed E-state index contributed by atoms with van der Waals surface area (Å²) in [5.41, 5.74) is 3.04. The molecule has 1 heterocycles. The molecule has 6 heteroatoms. The van der Waals surface area contributed by atoms with Crippen molar-refractivity contribution in [2.45, 2.75) is 18.0 Å². The van der Waals surface area contributed by atoms with Crippen LogP contribution in [0.4, 0.5) is 10.5 Å². The van der Waals surface area contributed by atoms with E-state index in [1.165, 1.54) is 5.56 Å². The molecule has 0 atom stereocenters. The van der Waals surface area contributed by atoms with Gasteiger partial charge in [-0.1, -0.05) is 30.3 Å². The zero-order valence-electron chi connectivity index (χ0n) is 15.1. The van der Waals surface area contributed by atoms with Gasteiger partial charge in [-0.15, -0.1) is 0 Å². The van der Waals surface area contributed by atoms with E-state index in [0.717, 1.165) is 22.7 Å². The molecular formula is C21H22N4OS. The molecular weight excluding hydrogens is 356 g/mol. The van der Waals surface area contributed by atoms with Gasteiger partial charge in [-0.3, -0.25) is 4.98 Å². The number of carbonyl (C=O) groups excluding carboxylic acids is 1. The first-order valence-corrected chi connectivity index (χ1v) is 9.43. The van der Waals surface area contributed by atoms with Gasteiger partial charge in [0.1, 0.15) is 0 Å². The molecule has 0 unspecified atom stereocenters. The highest BCUT2D eigenvalue weighted by atomic mass is 32.2. The lowest BCUT2D eigenvalue weighted by Crippen LogP contribution is -2.28. The third-order valence-electron chi connectivity index (χ3n) is 3.82. The average Bonchev–Trinajstić information content (AvgIpc) is 2.69. The molecule has 0 spiro atoms. The number of carbonyl (C=O) groups is 1. The number of rotatable bonds is 7. The maximum atomic E-state index is 12.0. The summed E-state index contributed by atoms with van der Waals surface area (Å²) in [6, 6.07) is 21.7. The summed E-state index contributed by atoms with van der Waals surface area (Å²) in [5, 5.41) is 5.67. The van der Waals surface area contributed by atoms with Crippen molar-refractivity contribution < 1.29 is 4.79 Å². The second kappa shape index (κ2) is 9.75. The van der Waals surface area contributed by atoms with Crippen molar-refractivity contribution in [3.63, 3.8) is 0 Å². The zero-order valence-corrected chi connectivity index (χ0v) is 15.9. The Bertz CT molecular complexity index is 841. The lowest BCUT2D eigenvalue weighted by Gasteiger charge is -2.16. The molecule has 0 fully saturated rings. The summed E-state index contributed by atoms with van der Waals surface area (Å²) in [6.07, 6.45) is 3.42. The molecule has 2 amide bonds. The maximum absolute atomic E-state index is 12.0. The number of nitrogens with one attached hydrogen (secondary N) is 2. The number of hydrogen-bond donors (Lipinski definition) is 2. The Morgan fingerprint density at radius 2 is 1.67 bits per heavy atom. The van der Waals surface area contributed by atoms with Crippen molar-refractivity contribution in [1.29, 1.82) is 0 Å².